The number of alkyl halides is 2. The van der Waals surface area contributed by atoms with Crippen molar-refractivity contribution in [1.29, 1.82) is 0 Å². The number of hydrogen-bond donors (Lipinski definition) is 4. The average molecular weight is 625 g/mol. The molecule has 0 heterocycles. The summed E-state index contributed by atoms with van der Waals surface area (Å²) in [4.78, 5) is 23.9. The van der Waals surface area contributed by atoms with Gasteiger partial charge in [-0.05, 0) is 56.4 Å². The lowest BCUT2D eigenvalue weighted by atomic mass is 9.79. The fraction of sp³-hybridized carbons (Fsp3) is 0.545. The molecule has 34 heavy (non-hydrogen) atoms. The van der Waals surface area contributed by atoms with E-state index < -0.39 is 31.3 Å². The molecule has 0 aromatic heterocycles. The number of ether oxygens (including phenoxy) is 1. The van der Waals surface area contributed by atoms with E-state index in [2.05, 4.69) is 47.4 Å². The van der Waals surface area contributed by atoms with Crippen molar-refractivity contribution in [3.63, 3.8) is 0 Å². The maximum absolute atomic E-state index is 12.8. The van der Waals surface area contributed by atoms with E-state index in [0.29, 0.717) is 55.1 Å². The highest BCUT2D eigenvalue weighted by Gasteiger charge is 2.34. The number of nitrogens with one attached hydrogen (secondary N) is 3. The second-order valence-corrected chi connectivity index (χ2v) is 11.7. The smallest absolute Gasteiger partial charge is 0.412 e. The van der Waals surface area contributed by atoms with Gasteiger partial charge in [0.2, 0.25) is 0 Å². The number of aliphatic carboxylic acids is 1. The molecule has 1 aromatic rings. The molecule has 0 spiro atoms. The number of hydrogen-bond acceptors (Lipinski definition) is 5. The van der Waals surface area contributed by atoms with Gasteiger partial charge in [-0.3, -0.25) is 14.7 Å². The maximum Gasteiger partial charge on any atom is 0.412 e. The first kappa shape index (κ1) is 29.0. The number of benzene rings is 1. The third-order valence-corrected chi connectivity index (χ3v) is 7.98. The Labute approximate surface area is 217 Å². The molecule has 1 aliphatic carbocycles. The first-order chi connectivity index (χ1) is 16.2. The first-order valence-electron chi connectivity index (χ1n) is 11.0. The molecule has 0 fully saturated rings. The molecule has 1 aliphatic rings. The summed E-state index contributed by atoms with van der Waals surface area (Å²) in [6.07, 6.45) is 4.63. The third kappa shape index (κ3) is 9.79. The molecule has 2 atom stereocenters. The van der Waals surface area contributed by atoms with E-state index >= 15 is 0 Å². The zero-order chi connectivity index (χ0) is 25.0. The second kappa shape index (κ2) is 14.4. The molecule has 0 aliphatic heterocycles. The standard InChI is InChI=1S/C22H32Br2N3O6P/c1-22(20(28)29)10-3-2-4-19(9-11-22)33-21(30)27-18-7-5-17(6-8-18)16-32-34(31,25-14-12-23)26-15-13-24/h2,4-8,19H,3,9-16H2,1H3,(H,27,30)(H,28,29)(H2,25,26,31)/b4-2+/t19-,22+/m0/s1. The molecule has 0 saturated heterocycles. The zero-order valence-electron chi connectivity index (χ0n) is 19.1. The number of carbonyl (C=O) groups is 2. The lowest BCUT2D eigenvalue weighted by Gasteiger charge is -2.27. The van der Waals surface area contributed by atoms with Crippen LogP contribution in [0.3, 0.4) is 0 Å². The minimum atomic E-state index is -3.19. The van der Waals surface area contributed by atoms with Gasteiger partial charge in [-0.15, -0.1) is 0 Å². The topological polar surface area (TPSA) is 126 Å². The molecule has 9 nitrogen and oxygen atoms in total. The highest BCUT2D eigenvalue weighted by Crippen LogP contribution is 2.38. The van der Waals surface area contributed by atoms with E-state index in [4.69, 9.17) is 9.26 Å². The highest BCUT2D eigenvalue weighted by molar-refractivity contribution is 9.09. The number of carbonyl (C=O) groups excluding carboxylic acids is 1. The molecule has 190 valence electrons. The molecular weight excluding hydrogens is 593 g/mol. The van der Waals surface area contributed by atoms with E-state index in [9.17, 15) is 19.3 Å². The highest BCUT2D eigenvalue weighted by atomic mass is 79.9. The summed E-state index contributed by atoms with van der Waals surface area (Å²) >= 11 is 6.59. The van der Waals surface area contributed by atoms with E-state index in [0.717, 1.165) is 5.56 Å². The van der Waals surface area contributed by atoms with Crippen LogP contribution in [0, 0.1) is 5.41 Å². The van der Waals surface area contributed by atoms with Crippen molar-refractivity contribution in [3.8, 4) is 0 Å². The maximum atomic E-state index is 12.8. The van der Waals surface area contributed by atoms with Gasteiger partial charge in [-0.2, -0.15) is 0 Å². The predicted molar refractivity (Wildman–Crippen MR) is 140 cm³/mol. The van der Waals surface area contributed by atoms with Gasteiger partial charge in [-0.25, -0.2) is 15.0 Å². The Bertz CT molecular complexity index is 874. The fourth-order valence-electron chi connectivity index (χ4n) is 3.30. The van der Waals surface area contributed by atoms with Crippen LogP contribution in [-0.4, -0.2) is 47.0 Å². The average Bonchev–Trinajstić information content (AvgIpc) is 2.80. The minimum Gasteiger partial charge on any atom is -0.481 e. The van der Waals surface area contributed by atoms with Crippen molar-refractivity contribution in [2.24, 2.45) is 5.41 Å². The van der Waals surface area contributed by atoms with Gasteiger partial charge in [0.25, 0.3) is 0 Å². The van der Waals surface area contributed by atoms with Crippen molar-refractivity contribution >= 4 is 57.3 Å². The number of halogens is 2. The third-order valence-electron chi connectivity index (χ3n) is 5.41. The molecule has 0 unspecified atom stereocenters. The summed E-state index contributed by atoms with van der Waals surface area (Å²) in [5, 5.41) is 19.2. The van der Waals surface area contributed by atoms with Crippen molar-refractivity contribution in [2.45, 2.75) is 45.3 Å². The zero-order valence-corrected chi connectivity index (χ0v) is 23.2. The van der Waals surface area contributed by atoms with Crippen molar-refractivity contribution in [2.75, 3.05) is 29.1 Å². The fourth-order valence-corrected chi connectivity index (χ4v) is 5.75. The van der Waals surface area contributed by atoms with Crippen molar-refractivity contribution < 1.29 is 28.5 Å². The summed E-state index contributed by atoms with van der Waals surface area (Å²) in [5.41, 5.74) is 0.506. The van der Waals surface area contributed by atoms with Gasteiger partial charge < -0.3 is 14.4 Å². The molecular formula is C22H32Br2N3O6P. The second-order valence-electron chi connectivity index (χ2n) is 8.16. The molecule has 2 rings (SSSR count). The van der Waals surface area contributed by atoms with E-state index in [-0.39, 0.29) is 6.61 Å². The number of carboxylic acid groups (broad SMARTS) is 1. The lowest BCUT2D eigenvalue weighted by molar-refractivity contribution is -0.149. The SMILES string of the molecule is C[C@@]1(C(=O)O)CC/C=C/[C@H](OC(=O)Nc2ccc(COP(=O)(NCCBr)NCCBr)cc2)CC1. The Kier molecular flexibility index (Phi) is 12.2. The summed E-state index contributed by atoms with van der Waals surface area (Å²) < 4.78 is 23.9. The van der Waals surface area contributed by atoms with Crippen LogP contribution < -0.4 is 15.5 Å². The molecule has 0 bridgehead atoms. The minimum absolute atomic E-state index is 0.127. The van der Waals surface area contributed by atoms with Gasteiger partial charge >= 0.3 is 19.7 Å². The molecule has 12 heteroatoms. The quantitative estimate of drug-likeness (QED) is 0.138. The molecule has 1 aromatic carbocycles. The first-order valence-corrected chi connectivity index (χ1v) is 14.9. The van der Waals surface area contributed by atoms with Crippen LogP contribution in [0.25, 0.3) is 0 Å². The number of rotatable bonds is 12. The van der Waals surface area contributed by atoms with Gasteiger partial charge in [0.1, 0.15) is 6.10 Å². The number of carboxylic acids is 1. The molecule has 4 N–H and O–H groups in total. The predicted octanol–water partition coefficient (Wildman–Crippen LogP) is 5.42. The van der Waals surface area contributed by atoms with Crippen LogP contribution >= 0.6 is 39.5 Å². The van der Waals surface area contributed by atoms with Gasteiger partial charge in [0, 0.05) is 29.4 Å². The van der Waals surface area contributed by atoms with Crippen LogP contribution in [0.1, 0.15) is 38.2 Å². The van der Waals surface area contributed by atoms with Crippen molar-refractivity contribution in [3.05, 3.63) is 42.0 Å². The normalized spacial score (nSPS) is 21.8. The number of amides is 1. The Morgan fingerprint density at radius 2 is 1.79 bits per heavy atom. The van der Waals surface area contributed by atoms with Crippen LogP contribution in [0.2, 0.25) is 0 Å². The summed E-state index contributed by atoms with van der Waals surface area (Å²) in [7, 11) is -3.19. The van der Waals surface area contributed by atoms with Gasteiger partial charge in [0.15, 0.2) is 0 Å². The Balaban J connectivity index is 1.87. The van der Waals surface area contributed by atoms with Crippen LogP contribution in [-0.2, 0) is 25.2 Å². The van der Waals surface area contributed by atoms with E-state index in [1.807, 2.05) is 12.2 Å². The number of allylic oxidation sites excluding steroid dienone is 1. The molecule has 1 amide bonds. The van der Waals surface area contributed by atoms with Crippen LogP contribution in [0.5, 0.6) is 0 Å². The molecule has 0 saturated carbocycles. The van der Waals surface area contributed by atoms with Crippen LogP contribution in [0.15, 0.2) is 36.4 Å². The van der Waals surface area contributed by atoms with Gasteiger partial charge in [0.05, 0.1) is 12.0 Å². The monoisotopic (exact) mass is 623 g/mol. The summed E-state index contributed by atoms with van der Waals surface area (Å²) in [5.74, 6) is -0.829. The molecule has 0 radical (unpaired) electrons. The Hall–Kier alpha value is -1.23. The summed E-state index contributed by atoms with van der Waals surface area (Å²) in [6.45, 7) is 2.83. The van der Waals surface area contributed by atoms with E-state index in [1.54, 1.807) is 31.2 Å². The number of anilines is 1. The van der Waals surface area contributed by atoms with E-state index in [1.165, 1.54) is 0 Å². The lowest BCUT2D eigenvalue weighted by Crippen LogP contribution is -2.31. The summed E-state index contributed by atoms with van der Waals surface area (Å²) in [6, 6.07) is 6.95. The van der Waals surface area contributed by atoms with Crippen molar-refractivity contribution in [1.82, 2.24) is 10.2 Å². The van der Waals surface area contributed by atoms with Crippen LogP contribution in [0.4, 0.5) is 10.5 Å². The Morgan fingerprint density at radius 3 is 2.38 bits per heavy atom. The largest absolute Gasteiger partial charge is 0.481 e. The van der Waals surface area contributed by atoms with Gasteiger partial charge in [-0.1, -0.05) is 50.1 Å². The Morgan fingerprint density at radius 1 is 1.15 bits per heavy atom.